The summed E-state index contributed by atoms with van der Waals surface area (Å²) in [6.45, 7) is 7.81. The summed E-state index contributed by atoms with van der Waals surface area (Å²) in [5.41, 5.74) is 0. The van der Waals surface area contributed by atoms with Crippen LogP contribution in [0.15, 0.2) is 11.0 Å². The first kappa shape index (κ1) is 16.1. The van der Waals surface area contributed by atoms with E-state index in [-0.39, 0.29) is 19.0 Å². The van der Waals surface area contributed by atoms with E-state index in [4.69, 9.17) is 0 Å². The van der Waals surface area contributed by atoms with Crippen LogP contribution in [0, 0.1) is 13.8 Å². The fourth-order valence-corrected chi connectivity index (χ4v) is 4.71. The lowest BCUT2D eigenvalue weighted by Crippen LogP contribution is -2.40. The highest BCUT2D eigenvalue weighted by atomic mass is 32.2. The fraction of sp³-hybridized carbons (Fsp3) is 0.583. The minimum atomic E-state index is -3.59. The molecule has 108 valence electrons. The summed E-state index contributed by atoms with van der Waals surface area (Å²) in [4.78, 5) is 13.6. The predicted octanol–water partition coefficient (Wildman–Crippen LogP) is 1.51. The molecule has 0 atom stereocenters. The maximum atomic E-state index is 12.5. The average molecular weight is 304 g/mol. The second-order valence-corrected chi connectivity index (χ2v) is 7.53. The molecule has 1 aromatic heterocycles. The molecule has 0 aromatic carbocycles. The van der Waals surface area contributed by atoms with Crippen LogP contribution in [-0.2, 0) is 14.8 Å². The van der Waals surface area contributed by atoms with Crippen LogP contribution in [0.25, 0.3) is 0 Å². The Balaban J connectivity index is 3.02. The molecule has 0 saturated heterocycles. The minimum Gasteiger partial charge on any atom is -0.355 e. The van der Waals surface area contributed by atoms with E-state index in [0.29, 0.717) is 11.4 Å². The van der Waals surface area contributed by atoms with Crippen LogP contribution in [0.4, 0.5) is 0 Å². The van der Waals surface area contributed by atoms with Gasteiger partial charge in [-0.15, -0.1) is 11.3 Å². The quantitative estimate of drug-likeness (QED) is 0.866. The zero-order valence-corrected chi connectivity index (χ0v) is 13.3. The number of carbonyl (C=O) groups excluding carboxylic acids is 1. The Hall–Kier alpha value is -0.920. The number of sulfonamides is 1. The minimum absolute atomic E-state index is 0.138. The van der Waals surface area contributed by atoms with Crippen molar-refractivity contribution < 1.29 is 13.2 Å². The summed E-state index contributed by atoms with van der Waals surface area (Å²) in [5.74, 6) is -0.280. The van der Waals surface area contributed by atoms with Gasteiger partial charge in [0.1, 0.15) is 0 Å². The number of likely N-dealkylation sites (N-methyl/N-ethyl adjacent to an activating group) is 2. The standard InChI is InChI=1S/C12H20N2O3S2/c1-5-13-12(15)8-14(6-2)19(16,17)11-7-9(3)18-10(11)4/h7H,5-6,8H2,1-4H3,(H,13,15). The number of nitrogens with zero attached hydrogens (tertiary/aromatic N) is 1. The van der Waals surface area contributed by atoms with Crippen LogP contribution in [-0.4, -0.2) is 38.3 Å². The van der Waals surface area contributed by atoms with E-state index >= 15 is 0 Å². The number of amides is 1. The summed E-state index contributed by atoms with van der Waals surface area (Å²) in [6, 6.07) is 1.66. The van der Waals surface area contributed by atoms with E-state index in [2.05, 4.69) is 5.32 Å². The fourth-order valence-electron chi connectivity index (χ4n) is 1.78. The van der Waals surface area contributed by atoms with E-state index in [1.165, 1.54) is 15.6 Å². The zero-order chi connectivity index (χ0) is 14.6. The highest BCUT2D eigenvalue weighted by Gasteiger charge is 2.27. The van der Waals surface area contributed by atoms with Gasteiger partial charge >= 0.3 is 0 Å². The third kappa shape index (κ3) is 3.77. The number of thiophene rings is 1. The first-order chi connectivity index (χ1) is 8.82. The van der Waals surface area contributed by atoms with E-state index in [0.717, 1.165) is 9.75 Å². The van der Waals surface area contributed by atoms with Crippen LogP contribution in [0.3, 0.4) is 0 Å². The van der Waals surface area contributed by atoms with Gasteiger partial charge < -0.3 is 5.32 Å². The van der Waals surface area contributed by atoms with Gasteiger partial charge in [-0.05, 0) is 26.8 Å². The lowest BCUT2D eigenvalue weighted by atomic mass is 10.4. The van der Waals surface area contributed by atoms with Gasteiger partial charge in [0.2, 0.25) is 15.9 Å². The van der Waals surface area contributed by atoms with Crippen LogP contribution in [0.1, 0.15) is 23.6 Å². The van der Waals surface area contributed by atoms with Crippen molar-refractivity contribution >= 4 is 27.3 Å². The van der Waals surface area contributed by atoms with E-state index in [1.54, 1.807) is 26.8 Å². The molecule has 1 aromatic rings. The molecule has 0 spiro atoms. The topological polar surface area (TPSA) is 66.5 Å². The number of carbonyl (C=O) groups is 1. The predicted molar refractivity (Wildman–Crippen MR) is 76.9 cm³/mol. The van der Waals surface area contributed by atoms with E-state index in [9.17, 15) is 13.2 Å². The Bertz CT molecular complexity index is 549. The highest BCUT2D eigenvalue weighted by molar-refractivity contribution is 7.89. The first-order valence-corrected chi connectivity index (χ1v) is 8.42. The lowest BCUT2D eigenvalue weighted by Gasteiger charge is -2.19. The smallest absolute Gasteiger partial charge is 0.244 e. The molecule has 7 heteroatoms. The van der Waals surface area contributed by atoms with E-state index < -0.39 is 10.0 Å². The van der Waals surface area contributed by atoms with Crippen molar-refractivity contribution in [3.8, 4) is 0 Å². The average Bonchev–Trinajstić information content (AvgIpc) is 2.66. The van der Waals surface area contributed by atoms with Crippen molar-refractivity contribution in [2.75, 3.05) is 19.6 Å². The van der Waals surface area contributed by atoms with Crippen molar-refractivity contribution in [1.82, 2.24) is 9.62 Å². The molecule has 0 saturated carbocycles. The molecule has 19 heavy (non-hydrogen) atoms. The van der Waals surface area contributed by atoms with Crippen molar-refractivity contribution in [2.24, 2.45) is 0 Å². The number of hydrogen-bond acceptors (Lipinski definition) is 4. The van der Waals surface area contributed by atoms with Gasteiger partial charge in [-0.1, -0.05) is 6.92 Å². The number of aryl methyl sites for hydroxylation is 2. The SMILES string of the molecule is CCNC(=O)CN(CC)S(=O)(=O)c1cc(C)sc1C. The molecule has 5 nitrogen and oxygen atoms in total. The molecule has 0 aliphatic heterocycles. The van der Waals surface area contributed by atoms with Gasteiger partial charge in [0, 0.05) is 22.8 Å². The summed E-state index contributed by atoms with van der Waals surface area (Å²) in [7, 11) is -3.59. The van der Waals surface area contributed by atoms with Gasteiger partial charge in [0.25, 0.3) is 0 Å². The van der Waals surface area contributed by atoms with Gasteiger partial charge in [0.05, 0.1) is 11.4 Å². The highest BCUT2D eigenvalue weighted by Crippen LogP contribution is 2.27. The molecule has 1 N–H and O–H groups in total. The van der Waals surface area contributed by atoms with Crippen LogP contribution >= 0.6 is 11.3 Å². The molecule has 0 unspecified atom stereocenters. The van der Waals surface area contributed by atoms with E-state index in [1.807, 2.05) is 6.92 Å². The molecular weight excluding hydrogens is 284 g/mol. The largest absolute Gasteiger partial charge is 0.355 e. The number of nitrogens with one attached hydrogen (secondary N) is 1. The molecule has 0 radical (unpaired) electrons. The molecule has 0 aliphatic rings. The van der Waals surface area contributed by atoms with Crippen molar-refractivity contribution in [3.63, 3.8) is 0 Å². The Morgan fingerprint density at radius 1 is 1.37 bits per heavy atom. The second kappa shape index (κ2) is 6.49. The molecule has 0 bridgehead atoms. The lowest BCUT2D eigenvalue weighted by molar-refractivity contribution is -0.121. The summed E-state index contributed by atoms with van der Waals surface area (Å²) < 4.78 is 26.2. The van der Waals surface area contributed by atoms with Crippen molar-refractivity contribution in [2.45, 2.75) is 32.6 Å². The Kier molecular flexibility index (Phi) is 5.51. The van der Waals surface area contributed by atoms with Crippen LogP contribution < -0.4 is 5.32 Å². The Morgan fingerprint density at radius 3 is 2.42 bits per heavy atom. The normalized spacial score (nSPS) is 11.8. The molecule has 0 aliphatic carbocycles. The van der Waals surface area contributed by atoms with Gasteiger partial charge in [-0.25, -0.2) is 8.42 Å². The maximum absolute atomic E-state index is 12.5. The van der Waals surface area contributed by atoms with Crippen LogP contribution in [0.2, 0.25) is 0 Å². The Labute approximate surface area is 118 Å². The van der Waals surface area contributed by atoms with Crippen molar-refractivity contribution in [3.05, 3.63) is 15.8 Å². The maximum Gasteiger partial charge on any atom is 0.244 e. The first-order valence-electron chi connectivity index (χ1n) is 6.16. The second-order valence-electron chi connectivity index (χ2n) is 4.16. The third-order valence-electron chi connectivity index (χ3n) is 2.66. The van der Waals surface area contributed by atoms with Gasteiger partial charge in [-0.3, -0.25) is 4.79 Å². The van der Waals surface area contributed by atoms with Gasteiger partial charge in [0.15, 0.2) is 0 Å². The monoisotopic (exact) mass is 304 g/mol. The number of hydrogen-bond donors (Lipinski definition) is 1. The van der Waals surface area contributed by atoms with Gasteiger partial charge in [-0.2, -0.15) is 4.31 Å². The molecule has 1 rings (SSSR count). The third-order valence-corrected chi connectivity index (χ3v) is 5.80. The summed E-state index contributed by atoms with van der Waals surface area (Å²) >= 11 is 1.45. The summed E-state index contributed by atoms with van der Waals surface area (Å²) in [6.07, 6.45) is 0. The van der Waals surface area contributed by atoms with Crippen molar-refractivity contribution in [1.29, 1.82) is 0 Å². The Morgan fingerprint density at radius 2 is 2.00 bits per heavy atom. The molecule has 0 fully saturated rings. The number of rotatable bonds is 6. The summed E-state index contributed by atoms with van der Waals surface area (Å²) in [5, 5.41) is 2.61. The molecular formula is C12H20N2O3S2. The zero-order valence-electron chi connectivity index (χ0n) is 11.7. The van der Waals surface area contributed by atoms with Crippen LogP contribution in [0.5, 0.6) is 0 Å². The molecule has 1 heterocycles. The molecule has 1 amide bonds.